The molecule has 1 saturated heterocycles. The molecular weight excluding hydrogens is 362 g/mol. The average Bonchev–Trinajstić information content (AvgIpc) is 3.22. The first-order valence-electron chi connectivity index (χ1n) is 9.22. The van der Waals surface area contributed by atoms with Gasteiger partial charge in [-0.15, -0.1) is 5.10 Å². The van der Waals surface area contributed by atoms with Gasteiger partial charge in [-0.3, -0.25) is 0 Å². The third-order valence-electron chi connectivity index (χ3n) is 4.65. The predicted molar refractivity (Wildman–Crippen MR) is 103 cm³/mol. The van der Waals surface area contributed by atoms with E-state index in [-0.39, 0.29) is 24.9 Å². The fraction of sp³-hybridized carbons (Fsp3) is 0.400. The first-order valence-corrected chi connectivity index (χ1v) is 9.22. The highest BCUT2D eigenvalue weighted by Gasteiger charge is 2.40. The van der Waals surface area contributed by atoms with E-state index >= 15 is 0 Å². The van der Waals surface area contributed by atoms with Crippen molar-refractivity contribution in [2.24, 2.45) is 0 Å². The largest absolute Gasteiger partial charge is 0.348 e. The Hall–Kier alpha value is -2.64. The Morgan fingerprint density at radius 2 is 1.86 bits per heavy atom. The van der Waals surface area contributed by atoms with E-state index in [1.165, 1.54) is 0 Å². The van der Waals surface area contributed by atoms with Crippen LogP contribution in [-0.2, 0) is 5.41 Å². The SMILES string of the molecule is CC(C)(C)c1nc(N2CCC(F)(F)C2)c2nnn([CH][CH]c3ccccc3)c2n1. The molecule has 1 aliphatic heterocycles. The number of nitrogens with zero attached hydrogens (tertiary/aromatic N) is 6. The Balaban J connectivity index is 1.73. The zero-order valence-electron chi connectivity index (χ0n) is 16.1. The number of rotatable bonds is 4. The third kappa shape index (κ3) is 3.68. The smallest absolute Gasteiger partial charge is 0.266 e. The molecule has 2 radical (unpaired) electrons. The molecule has 0 unspecified atom stereocenters. The standard InChI is InChI=1S/C20H22F2N6/c1-19(2,3)18-23-16(27-12-10-20(21,22)13-27)15-17(24-18)28(26-25-15)11-9-14-7-5-4-6-8-14/h4-9,11H,10,12-13H2,1-3H3. The lowest BCUT2D eigenvalue weighted by molar-refractivity contribution is 0.0257. The van der Waals surface area contributed by atoms with E-state index in [0.717, 1.165) is 5.56 Å². The number of hydrogen-bond acceptors (Lipinski definition) is 5. The van der Waals surface area contributed by atoms with Crippen molar-refractivity contribution < 1.29 is 8.78 Å². The molecule has 2 aromatic heterocycles. The van der Waals surface area contributed by atoms with Crippen molar-refractivity contribution in [1.82, 2.24) is 25.0 Å². The molecule has 0 N–H and O–H groups in total. The topological polar surface area (TPSA) is 59.7 Å². The molecule has 0 bridgehead atoms. The molecule has 6 nitrogen and oxygen atoms in total. The first-order chi connectivity index (χ1) is 13.2. The summed E-state index contributed by atoms with van der Waals surface area (Å²) in [5.74, 6) is -1.73. The molecule has 0 amide bonds. The van der Waals surface area contributed by atoms with Crippen LogP contribution >= 0.6 is 0 Å². The summed E-state index contributed by atoms with van der Waals surface area (Å²) in [4.78, 5) is 10.8. The summed E-state index contributed by atoms with van der Waals surface area (Å²) in [6, 6.07) is 9.80. The Bertz CT molecular complexity index is 978. The second-order valence-electron chi connectivity index (χ2n) is 8.08. The Morgan fingerprint density at radius 1 is 1.11 bits per heavy atom. The number of fused-ring (bicyclic) bond motifs is 1. The zero-order chi connectivity index (χ0) is 19.9. The summed E-state index contributed by atoms with van der Waals surface area (Å²) >= 11 is 0. The Labute approximate surface area is 162 Å². The van der Waals surface area contributed by atoms with E-state index in [2.05, 4.69) is 20.3 Å². The van der Waals surface area contributed by atoms with E-state index in [0.29, 0.717) is 22.8 Å². The fourth-order valence-electron chi connectivity index (χ4n) is 3.11. The summed E-state index contributed by atoms with van der Waals surface area (Å²) in [5, 5.41) is 8.36. The van der Waals surface area contributed by atoms with Crippen LogP contribution in [0.1, 0.15) is 38.6 Å². The monoisotopic (exact) mass is 384 g/mol. The fourth-order valence-corrected chi connectivity index (χ4v) is 3.11. The molecule has 0 aliphatic carbocycles. The van der Waals surface area contributed by atoms with Gasteiger partial charge in [-0.2, -0.15) is 0 Å². The van der Waals surface area contributed by atoms with Crippen LogP contribution in [-0.4, -0.2) is 44.0 Å². The number of anilines is 1. The van der Waals surface area contributed by atoms with Crippen molar-refractivity contribution in [2.75, 3.05) is 18.0 Å². The van der Waals surface area contributed by atoms with Gasteiger partial charge in [0.1, 0.15) is 5.82 Å². The normalized spacial score (nSPS) is 16.8. The summed E-state index contributed by atoms with van der Waals surface area (Å²) < 4.78 is 29.1. The molecule has 28 heavy (non-hydrogen) atoms. The van der Waals surface area contributed by atoms with Gasteiger partial charge < -0.3 is 4.90 Å². The van der Waals surface area contributed by atoms with Gasteiger partial charge in [-0.05, 0) is 5.56 Å². The molecule has 0 atom stereocenters. The zero-order valence-corrected chi connectivity index (χ0v) is 16.1. The van der Waals surface area contributed by atoms with Gasteiger partial charge in [0.25, 0.3) is 5.92 Å². The molecule has 4 rings (SSSR count). The summed E-state index contributed by atoms with van der Waals surface area (Å²) in [6.07, 6.45) is 1.71. The maximum atomic E-state index is 13.8. The van der Waals surface area contributed by atoms with Crippen LogP contribution in [0.4, 0.5) is 14.6 Å². The number of benzene rings is 1. The van der Waals surface area contributed by atoms with E-state index < -0.39 is 5.92 Å². The number of aromatic nitrogens is 5. The van der Waals surface area contributed by atoms with Crippen LogP contribution in [0.5, 0.6) is 0 Å². The molecule has 3 heterocycles. The van der Waals surface area contributed by atoms with E-state index in [4.69, 9.17) is 0 Å². The molecule has 3 aromatic rings. The number of halogens is 2. The van der Waals surface area contributed by atoms with Crippen LogP contribution < -0.4 is 4.90 Å². The minimum Gasteiger partial charge on any atom is -0.348 e. The summed E-state index contributed by atoms with van der Waals surface area (Å²) in [6.45, 7) is 7.61. The highest BCUT2D eigenvalue weighted by Crippen LogP contribution is 2.34. The van der Waals surface area contributed by atoms with Crippen molar-refractivity contribution in [2.45, 2.75) is 38.5 Å². The third-order valence-corrected chi connectivity index (χ3v) is 4.65. The summed E-state index contributed by atoms with van der Waals surface area (Å²) in [7, 11) is 0. The predicted octanol–water partition coefficient (Wildman–Crippen LogP) is 3.63. The molecular formula is C20H22F2N6. The van der Waals surface area contributed by atoms with Gasteiger partial charge in [-0.25, -0.2) is 23.4 Å². The van der Waals surface area contributed by atoms with Crippen LogP contribution in [0.15, 0.2) is 30.3 Å². The molecule has 146 valence electrons. The van der Waals surface area contributed by atoms with Crippen molar-refractivity contribution in [1.29, 1.82) is 0 Å². The van der Waals surface area contributed by atoms with Gasteiger partial charge in [-0.1, -0.05) is 56.3 Å². The van der Waals surface area contributed by atoms with Crippen molar-refractivity contribution in [3.8, 4) is 0 Å². The Kier molecular flexibility index (Phi) is 4.51. The van der Waals surface area contributed by atoms with Gasteiger partial charge >= 0.3 is 0 Å². The van der Waals surface area contributed by atoms with E-state index in [1.54, 1.807) is 16.1 Å². The lowest BCUT2D eigenvalue weighted by atomic mass is 9.96. The second kappa shape index (κ2) is 6.76. The van der Waals surface area contributed by atoms with Gasteiger partial charge in [0, 0.05) is 24.8 Å². The molecule has 1 aliphatic rings. The maximum absolute atomic E-state index is 13.8. The summed E-state index contributed by atoms with van der Waals surface area (Å²) in [5.41, 5.74) is 1.61. The van der Waals surface area contributed by atoms with Crippen LogP contribution in [0.25, 0.3) is 11.2 Å². The van der Waals surface area contributed by atoms with Crippen LogP contribution in [0.3, 0.4) is 0 Å². The van der Waals surface area contributed by atoms with E-state index in [9.17, 15) is 8.78 Å². The molecule has 8 heteroatoms. The molecule has 0 saturated carbocycles. The number of alkyl halides is 2. The Morgan fingerprint density at radius 3 is 2.50 bits per heavy atom. The first kappa shape index (κ1) is 18.7. The quantitative estimate of drug-likeness (QED) is 0.688. The van der Waals surface area contributed by atoms with Crippen molar-refractivity contribution in [3.63, 3.8) is 0 Å². The van der Waals surface area contributed by atoms with Gasteiger partial charge in [0.05, 0.1) is 13.1 Å². The highest BCUT2D eigenvalue weighted by molar-refractivity contribution is 5.83. The minimum absolute atomic E-state index is 0.189. The second-order valence-corrected chi connectivity index (χ2v) is 8.08. The average molecular weight is 384 g/mol. The van der Waals surface area contributed by atoms with E-state index in [1.807, 2.05) is 57.5 Å². The van der Waals surface area contributed by atoms with Gasteiger partial charge in [0.2, 0.25) is 0 Å². The van der Waals surface area contributed by atoms with Crippen LogP contribution in [0, 0.1) is 13.0 Å². The molecule has 1 fully saturated rings. The van der Waals surface area contributed by atoms with Gasteiger partial charge in [0.15, 0.2) is 17.0 Å². The minimum atomic E-state index is -2.72. The number of hydrogen-bond donors (Lipinski definition) is 0. The molecule has 1 aromatic carbocycles. The maximum Gasteiger partial charge on any atom is 0.266 e. The van der Waals surface area contributed by atoms with Crippen molar-refractivity contribution >= 4 is 17.0 Å². The lowest BCUT2D eigenvalue weighted by Gasteiger charge is -2.22. The highest BCUT2D eigenvalue weighted by atomic mass is 19.3. The lowest BCUT2D eigenvalue weighted by Crippen LogP contribution is -2.27. The molecule has 0 spiro atoms. The van der Waals surface area contributed by atoms with Crippen molar-refractivity contribution in [3.05, 3.63) is 54.7 Å². The van der Waals surface area contributed by atoms with Crippen LogP contribution in [0.2, 0.25) is 0 Å².